The van der Waals surface area contributed by atoms with Crippen LogP contribution >= 0.6 is 11.6 Å². The maximum Gasteiger partial charge on any atom is 0.410 e. The molecule has 0 radical (unpaired) electrons. The maximum absolute atomic E-state index is 13.0. The van der Waals surface area contributed by atoms with Gasteiger partial charge >= 0.3 is 6.09 Å². The lowest BCUT2D eigenvalue weighted by molar-refractivity contribution is 0.0184. The second-order valence-electron chi connectivity index (χ2n) is 11.3. The third-order valence-electron chi connectivity index (χ3n) is 7.34. The number of halogens is 1. The van der Waals surface area contributed by atoms with Crippen molar-refractivity contribution >= 4 is 17.7 Å². The number of rotatable bonds is 7. The summed E-state index contributed by atoms with van der Waals surface area (Å²) in [6.07, 6.45) is 4.05. The Bertz CT molecular complexity index is 1360. The van der Waals surface area contributed by atoms with Crippen molar-refractivity contribution < 1.29 is 14.3 Å². The number of piperidine rings is 1. The van der Waals surface area contributed by atoms with Gasteiger partial charge in [0.15, 0.2) is 0 Å². The fourth-order valence-electron chi connectivity index (χ4n) is 5.38. The van der Waals surface area contributed by atoms with Crippen molar-refractivity contribution in [2.75, 3.05) is 26.8 Å². The summed E-state index contributed by atoms with van der Waals surface area (Å²) in [4.78, 5) is 27.3. The first kappa shape index (κ1) is 28.9. The first-order valence-corrected chi connectivity index (χ1v) is 14.0. The molecular weight excluding hydrogens is 512 g/mol. The number of pyridine rings is 1. The molecule has 0 N–H and O–H groups in total. The Balaban J connectivity index is 1.69. The molecular formula is C32H39ClN2O4. The number of carbonyl (C=O) groups excluding carboxylic acids is 1. The fourth-order valence-corrected chi connectivity index (χ4v) is 5.70. The lowest BCUT2D eigenvalue weighted by atomic mass is 9.76. The van der Waals surface area contributed by atoms with Gasteiger partial charge in [-0.25, -0.2) is 4.79 Å². The number of methoxy groups -OCH3 is 1. The molecule has 1 saturated heterocycles. The lowest BCUT2D eigenvalue weighted by Gasteiger charge is -2.40. The molecule has 3 aromatic rings. The number of ether oxygens (including phenoxy) is 2. The van der Waals surface area contributed by atoms with E-state index < -0.39 is 5.60 Å². The van der Waals surface area contributed by atoms with Gasteiger partial charge < -0.3 is 18.9 Å². The highest BCUT2D eigenvalue weighted by Gasteiger charge is 2.36. The molecule has 2 aromatic carbocycles. The standard InChI is InChI=1S/C32H39ClN2O4/c1-32(2,3)39-31(37)35-17-15-26(24-14-16-34(4)30(36)20-24)28(21-35)27-13-12-23(19-29(27)33)25-11-7-6-9-22(25)10-8-18-38-5/h6-7,9,11-14,16,19-20,26,28H,8,10,15,17-18,21H2,1-5H3/t26-,28+/m0/s1. The van der Waals surface area contributed by atoms with Crippen LogP contribution in [-0.4, -0.2) is 48.0 Å². The van der Waals surface area contributed by atoms with Crippen molar-refractivity contribution in [2.45, 2.75) is 57.5 Å². The highest BCUT2D eigenvalue weighted by molar-refractivity contribution is 6.31. The second-order valence-corrected chi connectivity index (χ2v) is 11.7. The largest absolute Gasteiger partial charge is 0.444 e. The van der Waals surface area contributed by atoms with Gasteiger partial charge in [0, 0.05) is 57.1 Å². The van der Waals surface area contributed by atoms with Crippen molar-refractivity contribution in [1.82, 2.24) is 9.47 Å². The van der Waals surface area contributed by atoms with Gasteiger partial charge in [0.2, 0.25) is 0 Å². The van der Waals surface area contributed by atoms with E-state index in [4.69, 9.17) is 21.1 Å². The second kappa shape index (κ2) is 12.4. The zero-order valence-corrected chi connectivity index (χ0v) is 24.3. The van der Waals surface area contributed by atoms with E-state index >= 15 is 0 Å². The summed E-state index contributed by atoms with van der Waals surface area (Å²) in [5, 5.41) is 0.657. The van der Waals surface area contributed by atoms with Crippen molar-refractivity contribution in [2.24, 2.45) is 7.05 Å². The molecule has 2 atom stereocenters. The van der Waals surface area contributed by atoms with E-state index in [1.54, 1.807) is 35.9 Å². The van der Waals surface area contributed by atoms with Crippen LogP contribution in [0.3, 0.4) is 0 Å². The van der Waals surface area contributed by atoms with Crippen molar-refractivity contribution in [3.8, 4) is 11.1 Å². The van der Waals surface area contributed by atoms with Gasteiger partial charge in [-0.2, -0.15) is 0 Å². The molecule has 1 aliphatic heterocycles. The molecule has 7 heteroatoms. The molecule has 1 aliphatic rings. The Morgan fingerprint density at radius 1 is 1.08 bits per heavy atom. The van der Waals surface area contributed by atoms with E-state index in [0.717, 1.165) is 35.1 Å². The Hall–Kier alpha value is -3.09. The van der Waals surface area contributed by atoms with E-state index in [2.05, 4.69) is 30.3 Å². The van der Waals surface area contributed by atoms with Gasteiger partial charge in [0.1, 0.15) is 5.60 Å². The average molecular weight is 551 g/mol. The number of likely N-dealkylation sites (tertiary alicyclic amines) is 1. The van der Waals surface area contributed by atoms with E-state index in [0.29, 0.717) is 31.1 Å². The monoisotopic (exact) mass is 550 g/mol. The molecule has 208 valence electrons. The summed E-state index contributed by atoms with van der Waals surface area (Å²) in [6, 6.07) is 18.3. The number of amides is 1. The number of hydrogen-bond donors (Lipinski definition) is 0. The molecule has 39 heavy (non-hydrogen) atoms. The van der Waals surface area contributed by atoms with Crippen LogP contribution in [0.1, 0.15) is 62.1 Å². The van der Waals surface area contributed by atoms with Crippen LogP contribution < -0.4 is 5.56 Å². The van der Waals surface area contributed by atoms with E-state index in [-0.39, 0.29) is 23.5 Å². The molecule has 1 fully saturated rings. The SMILES string of the molecule is COCCCc1ccccc1-c1ccc([C@@H]2CN(C(=O)OC(C)(C)C)CC[C@H]2c2ccn(C)c(=O)c2)c(Cl)c1. The molecule has 0 unspecified atom stereocenters. The van der Waals surface area contributed by atoms with Crippen LogP contribution in [0.2, 0.25) is 5.02 Å². The van der Waals surface area contributed by atoms with Crippen LogP contribution in [0.15, 0.2) is 65.6 Å². The smallest absolute Gasteiger partial charge is 0.410 e. The molecule has 2 heterocycles. The molecule has 1 amide bonds. The third kappa shape index (κ3) is 7.11. The topological polar surface area (TPSA) is 60.8 Å². The van der Waals surface area contributed by atoms with Crippen LogP contribution in [0.25, 0.3) is 11.1 Å². The molecule has 0 bridgehead atoms. The van der Waals surface area contributed by atoms with E-state index in [1.165, 1.54) is 5.56 Å². The van der Waals surface area contributed by atoms with Gasteiger partial charge in [0.05, 0.1) is 0 Å². The van der Waals surface area contributed by atoms with E-state index in [1.807, 2.05) is 39.0 Å². The number of nitrogens with zero attached hydrogens (tertiary/aromatic N) is 2. The minimum absolute atomic E-state index is 0.0438. The normalized spacial score (nSPS) is 17.7. The lowest BCUT2D eigenvalue weighted by Crippen LogP contribution is -2.44. The molecule has 6 nitrogen and oxygen atoms in total. The number of hydrogen-bond acceptors (Lipinski definition) is 4. The Labute approximate surface area is 236 Å². The first-order chi connectivity index (χ1) is 18.6. The Morgan fingerprint density at radius 3 is 2.54 bits per heavy atom. The first-order valence-electron chi connectivity index (χ1n) is 13.6. The van der Waals surface area contributed by atoms with Crippen LogP contribution in [0, 0.1) is 0 Å². The van der Waals surface area contributed by atoms with Gasteiger partial charge in [-0.1, -0.05) is 48.0 Å². The quantitative estimate of drug-likeness (QED) is 0.304. The average Bonchev–Trinajstić information content (AvgIpc) is 2.89. The minimum Gasteiger partial charge on any atom is -0.444 e. The third-order valence-corrected chi connectivity index (χ3v) is 7.67. The van der Waals surface area contributed by atoms with Crippen LogP contribution in [-0.2, 0) is 22.9 Å². The summed E-state index contributed by atoms with van der Waals surface area (Å²) < 4.78 is 12.5. The summed E-state index contributed by atoms with van der Waals surface area (Å²) in [5.41, 5.74) is 4.78. The predicted molar refractivity (Wildman–Crippen MR) is 157 cm³/mol. The molecule has 0 aliphatic carbocycles. The molecule has 4 rings (SSSR count). The molecule has 1 aromatic heterocycles. The number of aromatic nitrogens is 1. The zero-order valence-electron chi connectivity index (χ0n) is 23.6. The molecule has 0 saturated carbocycles. The van der Waals surface area contributed by atoms with Gasteiger partial charge in [-0.15, -0.1) is 0 Å². The highest BCUT2D eigenvalue weighted by atomic mass is 35.5. The predicted octanol–water partition coefficient (Wildman–Crippen LogP) is 6.79. The van der Waals surface area contributed by atoms with Crippen LogP contribution in [0.4, 0.5) is 4.79 Å². The van der Waals surface area contributed by atoms with Crippen molar-refractivity contribution in [1.29, 1.82) is 0 Å². The Morgan fingerprint density at radius 2 is 1.85 bits per heavy atom. The number of benzene rings is 2. The van der Waals surface area contributed by atoms with Gasteiger partial charge in [-0.3, -0.25) is 4.79 Å². The summed E-state index contributed by atoms with van der Waals surface area (Å²) in [7, 11) is 3.47. The highest BCUT2D eigenvalue weighted by Crippen LogP contribution is 2.43. The molecule has 0 spiro atoms. The number of carbonyl (C=O) groups is 1. The van der Waals surface area contributed by atoms with Crippen molar-refractivity contribution in [3.63, 3.8) is 0 Å². The fraction of sp³-hybridized carbons (Fsp3) is 0.438. The maximum atomic E-state index is 13.0. The summed E-state index contributed by atoms with van der Waals surface area (Å²) in [5.74, 6) is -0.0425. The number of aryl methyl sites for hydroxylation is 2. The summed E-state index contributed by atoms with van der Waals surface area (Å²) >= 11 is 7.01. The van der Waals surface area contributed by atoms with Crippen LogP contribution in [0.5, 0.6) is 0 Å². The van der Waals surface area contributed by atoms with Gasteiger partial charge in [0.25, 0.3) is 5.56 Å². The Kier molecular flexibility index (Phi) is 9.19. The summed E-state index contributed by atoms with van der Waals surface area (Å²) in [6.45, 7) is 7.35. The zero-order chi connectivity index (χ0) is 28.2. The van der Waals surface area contributed by atoms with Gasteiger partial charge in [-0.05, 0) is 85.9 Å². The van der Waals surface area contributed by atoms with Crippen molar-refractivity contribution in [3.05, 3.63) is 92.9 Å². The minimum atomic E-state index is -0.578. The van der Waals surface area contributed by atoms with E-state index in [9.17, 15) is 9.59 Å².